The fourth-order valence-electron chi connectivity index (χ4n) is 2.30. The highest BCUT2D eigenvalue weighted by Gasteiger charge is 2.21. The van der Waals surface area contributed by atoms with Crippen molar-refractivity contribution < 1.29 is 4.74 Å². The van der Waals surface area contributed by atoms with E-state index in [1.165, 1.54) is 16.4 Å². The summed E-state index contributed by atoms with van der Waals surface area (Å²) in [7, 11) is 3.67. The molecule has 1 N–H and O–H groups in total. The van der Waals surface area contributed by atoms with Crippen molar-refractivity contribution in [2.45, 2.75) is 32.2 Å². The second-order valence-corrected chi connectivity index (χ2v) is 6.88. The molecular weight excluding hydrogens is 350 g/mol. The summed E-state index contributed by atoms with van der Waals surface area (Å²) in [5.74, 6) is 1.28. The second kappa shape index (κ2) is 7.33. The standard InChI is InChI=1S/C15H20BrN3OS/c1-9(2)14-15(21-19-18-14)12(17-3)8-10-7-11(16)5-6-13(10)20-4/h5-7,9,12,17H,8H2,1-4H3. The van der Waals surface area contributed by atoms with Crippen LogP contribution in [0.5, 0.6) is 5.75 Å². The van der Waals surface area contributed by atoms with Crippen LogP contribution in [0.25, 0.3) is 0 Å². The second-order valence-electron chi connectivity index (χ2n) is 5.18. The minimum Gasteiger partial charge on any atom is -0.496 e. The van der Waals surface area contributed by atoms with Crippen LogP contribution in [0.1, 0.15) is 41.9 Å². The van der Waals surface area contributed by atoms with E-state index >= 15 is 0 Å². The molecule has 1 heterocycles. The van der Waals surface area contributed by atoms with Crippen LogP contribution >= 0.6 is 27.5 Å². The minimum absolute atomic E-state index is 0.186. The third-order valence-corrected chi connectivity index (χ3v) is 4.77. The van der Waals surface area contributed by atoms with Crippen LogP contribution in [-0.4, -0.2) is 23.7 Å². The van der Waals surface area contributed by atoms with E-state index in [0.29, 0.717) is 5.92 Å². The molecule has 0 spiro atoms. The van der Waals surface area contributed by atoms with Crippen LogP contribution in [0.2, 0.25) is 0 Å². The third-order valence-electron chi connectivity index (χ3n) is 3.42. The number of ether oxygens (including phenoxy) is 1. The number of hydrogen-bond donors (Lipinski definition) is 1. The van der Waals surface area contributed by atoms with Crippen molar-refractivity contribution in [2.24, 2.45) is 0 Å². The number of halogens is 1. The van der Waals surface area contributed by atoms with Crippen LogP contribution in [0.3, 0.4) is 0 Å². The van der Waals surface area contributed by atoms with Crippen LogP contribution in [0.15, 0.2) is 22.7 Å². The molecule has 114 valence electrons. The van der Waals surface area contributed by atoms with Gasteiger partial charge in [0.05, 0.1) is 17.7 Å². The zero-order valence-electron chi connectivity index (χ0n) is 12.7. The molecule has 4 nitrogen and oxygen atoms in total. The highest BCUT2D eigenvalue weighted by Crippen LogP contribution is 2.32. The first-order valence-electron chi connectivity index (χ1n) is 6.88. The fourth-order valence-corrected chi connectivity index (χ4v) is 3.62. The highest BCUT2D eigenvalue weighted by molar-refractivity contribution is 9.10. The molecule has 0 aliphatic heterocycles. The molecule has 21 heavy (non-hydrogen) atoms. The molecule has 1 unspecified atom stereocenters. The van der Waals surface area contributed by atoms with Gasteiger partial charge in [0.1, 0.15) is 5.75 Å². The van der Waals surface area contributed by atoms with E-state index in [0.717, 1.165) is 27.9 Å². The summed E-state index contributed by atoms with van der Waals surface area (Å²) in [5.41, 5.74) is 2.24. The van der Waals surface area contributed by atoms with Gasteiger partial charge in [0.2, 0.25) is 0 Å². The molecule has 0 saturated carbocycles. The number of methoxy groups -OCH3 is 1. The number of likely N-dealkylation sites (N-methyl/N-ethyl adjacent to an activating group) is 1. The molecule has 0 aliphatic rings. The summed E-state index contributed by atoms with van der Waals surface area (Å²) >= 11 is 5.00. The lowest BCUT2D eigenvalue weighted by molar-refractivity contribution is 0.406. The topological polar surface area (TPSA) is 47.0 Å². The monoisotopic (exact) mass is 369 g/mol. The molecule has 0 fully saturated rings. The summed E-state index contributed by atoms with van der Waals surface area (Å²) in [6.07, 6.45) is 0.836. The lowest BCUT2D eigenvalue weighted by atomic mass is 10.00. The Bertz CT molecular complexity index is 600. The zero-order chi connectivity index (χ0) is 15.4. The Balaban J connectivity index is 2.31. The molecule has 0 bridgehead atoms. The SMILES string of the molecule is CNC(Cc1cc(Br)ccc1OC)c1snnc1C(C)C. The molecule has 6 heteroatoms. The predicted molar refractivity (Wildman–Crippen MR) is 90.2 cm³/mol. The Morgan fingerprint density at radius 2 is 2.14 bits per heavy atom. The van der Waals surface area contributed by atoms with Crippen molar-refractivity contribution in [3.8, 4) is 5.75 Å². The third kappa shape index (κ3) is 3.81. The van der Waals surface area contributed by atoms with Gasteiger partial charge in [-0.1, -0.05) is 34.3 Å². The molecule has 2 rings (SSSR count). The first-order valence-corrected chi connectivity index (χ1v) is 8.45. The number of benzene rings is 1. The lowest BCUT2D eigenvalue weighted by Gasteiger charge is -2.18. The van der Waals surface area contributed by atoms with Gasteiger partial charge in [-0.15, -0.1) is 5.10 Å². The molecule has 1 aromatic heterocycles. The van der Waals surface area contributed by atoms with Gasteiger partial charge in [0, 0.05) is 10.5 Å². The molecule has 0 radical (unpaired) electrons. The maximum absolute atomic E-state index is 5.46. The quantitative estimate of drug-likeness (QED) is 0.837. The van der Waals surface area contributed by atoms with E-state index in [1.54, 1.807) is 7.11 Å². The average Bonchev–Trinajstić information content (AvgIpc) is 2.94. The van der Waals surface area contributed by atoms with E-state index in [1.807, 2.05) is 19.2 Å². The van der Waals surface area contributed by atoms with Gasteiger partial charge in [0.15, 0.2) is 0 Å². The van der Waals surface area contributed by atoms with Crippen LogP contribution in [0.4, 0.5) is 0 Å². The van der Waals surface area contributed by atoms with Crippen molar-refractivity contribution in [1.82, 2.24) is 14.9 Å². The highest BCUT2D eigenvalue weighted by atomic mass is 79.9. The molecule has 1 atom stereocenters. The average molecular weight is 370 g/mol. The first-order chi connectivity index (χ1) is 10.1. The number of rotatable bonds is 6. The molecular formula is C15H20BrN3OS. The van der Waals surface area contributed by atoms with E-state index in [2.05, 4.69) is 50.7 Å². The zero-order valence-corrected chi connectivity index (χ0v) is 15.1. The molecule has 1 aromatic carbocycles. The summed E-state index contributed by atoms with van der Waals surface area (Å²) in [5, 5.41) is 7.65. The van der Waals surface area contributed by atoms with Gasteiger partial charge in [-0.25, -0.2) is 0 Å². The Morgan fingerprint density at radius 3 is 2.76 bits per heavy atom. The fraction of sp³-hybridized carbons (Fsp3) is 0.467. The Morgan fingerprint density at radius 1 is 1.38 bits per heavy atom. The molecule has 0 amide bonds. The van der Waals surface area contributed by atoms with Gasteiger partial charge in [-0.05, 0) is 54.7 Å². The van der Waals surface area contributed by atoms with Crippen LogP contribution < -0.4 is 10.1 Å². The van der Waals surface area contributed by atoms with Gasteiger partial charge in [0.25, 0.3) is 0 Å². The van der Waals surface area contributed by atoms with Gasteiger partial charge in [-0.3, -0.25) is 0 Å². The van der Waals surface area contributed by atoms with Crippen molar-refractivity contribution in [2.75, 3.05) is 14.2 Å². The normalized spacial score (nSPS) is 12.7. The van der Waals surface area contributed by atoms with Crippen molar-refractivity contribution in [3.63, 3.8) is 0 Å². The maximum Gasteiger partial charge on any atom is 0.122 e. The van der Waals surface area contributed by atoms with Crippen molar-refractivity contribution in [3.05, 3.63) is 38.8 Å². The summed E-state index contributed by atoms with van der Waals surface area (Å²) in [4.78, 5) is 1.20. The smallest absolute Gasteiger partial charge is 0.122 e. The van der Waals surface area contributed by atoms with E-state index < -0.39 is 0 Å². The summed E-state index contributed by atoms with van der Waals surface area (Å²) < 4.78 is 10.6. The first kappa shape index (κ1) is 16.4. The number of nitrogens with zero attached hydrogens (tertiary/aromatic N) is 2. The van der Waals surface area contributed by atoms with Crippen LogP contribution in [0, 0.1) is 0 Å². The van der Waals surface area contributed by atoms with Gasteiger partial charge < -0.3 is 10.1 Å². The van der Waals surface area contributed by atoms with Crippen LogP contribution in [-0.2, 0) is 6.42 Å². The maximum atomic E-state index is 5.46. The van der Waals surface area contributed by atoms with Gasteiger partial charge in [-0.2, -0.15) is 0 Å². The molecule has 0 aliphatic carbocycles. The van der Waals surface area contributed by atoms with Crippen molar-refractivity contribution >= 4 is 27.5 Å². The number of aromatic nitrogens is 2. The molecule has 2 aromatic rings. The predicted octanol–water partition coefficient (Wildman–Crippen LogP) is 3.94. The van der Waals surface area contributed by atoms with Crippen molar-refractivity contribution in [1.29, 1.82) is 0 Å². The number of nitrogens with one attached hydrogen (secondary N) is 1. The minimum atomic E-state index is 0.186. The van der Waals surface area contributed by atoms with E-state index in [9.17, 15) is 0 Å². The van der Waals surface area contributed by atoms with E-state index in [4.69, 9.17) is 4.74 Å². The Labute approximate surface area is 138 Å². The number of hydrogen-bond acceptors (Lipinski definition) is 5. The van der Waals surface area contributed by atoms with E-state index in [-0.39, 0.29) is 6.04 Å². The lowest BCUT2D eigenvalue weighted by Crippen LogP contribution is -2.19. The largest absolute Gasteiger partial charge is 0.496 e. The Hall–Kier alpha value is -0.980. The van der Waals surface area contributed by atoms with Gasteiger partial charge >= 0.3 is 0 Å². The molecule has 0 saturated heterocycles. The summed E-state index contributed by atoms with van der Waals surface area (Å²) in [6, 6.07) is 6.27. The summed E-state index contributed by atoms with van der Waals surface area (Å²) in [6.45, 7) is 4.29. The Kier molecular flexibility index (Phi) is 5.72.